The van der Waals surface area contributed by atoms with Gasteiger partial charge in [0.05, 0.1) is 6.61 Å². The second-order valence-corrected chi connectivity index (χ2v) is 2.74. The zero-order valence-electron chi connectivity index (χ0n) is 8.60. The minimum atomic E-state index is -1.28. The number of hydrogen-bond donors (Lipinski definition) is 1. The van der Waals surface area contributed by atoms with Crippen LogP contribution in [0.15, 0.2) is 24.3 Å². The van der Waals surface area contributed by atoms with Crippen molar-refractivity contribution in [3.63, 3.8) is 0 Å². The molecule has 4 nitrogen and oxygen atoms in total. The number of hydrogen-bond acceptors (Lipinski definition) is 3. The molecule has 1 aromatic carbocycles. The number of halogens is 1. The van der Waals surface area contributed by atoms with Crippen LogP contribution in [0.25, 0.3) is 5.57 Å². The molecule has 0 unspecified atom stereocenters. The first kappa shape index (κ1) is 14.2. The molecule has 0 saturated carbocycles. The molecule has 0 amide bonds. The lowest BCUT2D eigenvalue weighted by molar-refractivity contribution is -0.130. The van der Waals surface area contributed by atoms with E-state index in [2.05, 4.69) is 0 Å². The average Bonchev–Trinajstić information content (AvgIpc) is 2.21. The van der Waals surface area contributed by atoms with Crippen molar-refractivity contribution in [2.45, 2.75) is 6.92 Å². The standard InChI is InChI=1S/C11H10O4.ClH/c1-2-15-9-5-3-8(4-6-9)10(7-12)11(13)14;/h3-6H,2H2,1H3,(H,13,14);1H. The molecule has 0 aromatic heterocycles. The number of aliphatic carboxylic acids is 1. The summed E-state index contributed by atoms with van der Waals surface area (Å²) in [5, 5.41) is 8.67. The van der Waals surface area contributed by atoms with Gasteiger partial charge in [0.25, 0.3) is 0 Å². The number of carboxylic acid groups (broad SMARTS) is 1. The van der Waals surface area contributed by atoms with Crippen molar-refractivity contribution in [3.8, 4) is 5.75 Å². The van der Waals surface area contributed by atoms with E-state index in [4.69, 9.17) is 9.84 Å². The van der Waals surface area contributed by atoms with Crippen molar-refractivity contribution in [2.75, 3.05) is 6.61 Å². The summed E-state index contributed by atoms with van der Waals surface area (Å²) in [6.07, 6.45) is 0. The maximum Gasteiger partial charge on any atom is 0.347 e. The first-order valence-corrected chi connectivity index (χ1v) is 4.40. The number of rotatable bonds is 4. The third-order valence-electron chi connectivity index (χ3n) is 1.77. The van der Waals surface area contributed by atoms with Gasteiger partial charge in [0.2, 0.25) is 0 Å². The van der Waals surface area contributed by atoms with Gasteiger partial charge in [-0.3, -0.25) is 0 Å². The Balaban J connectivity index is 0.00000225. The molecular formula is C11H11ClO4. The van der Waals surface area contributed by atoms with Gasteiger partial charge in [-0.25, -0.2) is 9.59 Å². The monoisotopic (exact) mass is 242 g/mol. The first-order chi connectivity index (χ1) is 7.19. The number of carbonyl (C=O) groups is 1. The molecule has 1 aromatic rings. The maximum absolute atomic E-state index is 10.6. The Labute approximate surface area is 99.0 Å². The molecule has 0 heterocycles. The average molecular weight is 243 g/mol. The summed E-state index contributed by atoms with van der Waals surface area (Å²) in [7, 11) is 0. The number of carbonyl (C=O) groups excluding carboxylic acids is 1. The zero-order chi connectivity index (χ0) is 11.3. The predicted molar refractivity (Wildman–Crippen MR) is 61.6 cm³/mol. The maximum atomic E-state index is 10.6. The fraction of sp³-hybridized carbons (Fsp3) is 0.182. The summed E-state index contributed by atoms with van der Waals surface area (Å²) in [6.45, 7) is 2.39. The lowest BCUT2D eigenvalue weighted by Crippen LogP contribution is -2.00. The van der Waals surface area contributed by atoms with E-state index in [-0.39, 0.29) is 18.0 Å². The Morgan fingerprint density at radius 2 is 1.94 bits per heavy atom. The summed E-state index contributed by atoms with van der Waals surface area (Å²) < 4.78 is 5.18. The van der Waals surface area contributed by atoms with Crippen LogP contribution in [-0.2, 0) is 9.59 Å². The lowest BCUT2D eigenvalue weighted by Gasteiger charge is -2.03. The van der Waals surface area contributed by atoms with E-state index in [0.29, 0.717) is 17.9 Å². The van der Waals surface area contributed by atoms with Crippen LogP contribution in [0.3, 0.4) is 0 Å². The second-order valence-electron chi connectivity index (χ2n) is 2.74. The highest BCUT2D eigenvalue weighted by atomic mass is 35.5. The van der Waals surface area contributed by atoms with Crippen molar-refractivity contribution < 1.29 is 19.4 Å². The molecule has 0 bridgehead atoms. The van der Waals surface area contributed by atoms with E-state index in [0.717, 1.165) is 0 Å². The Bertz CT molecular complexity index is 404. The molecule has 0 saturated heterocycles. The molecule has 0 aliphatic rings. The zero-order valence-corrected chi connectivity index (χ0v) is 9.41. The van der Waals surface area contributed by atoms with Crippen molar-refractivity contribution in [3.05, 3.63) is 29.8 Å². The molecule has 0 spiro atoms. The van der Waals surface area contributed by atoms with E-state index in [9.17, 15) is 9.59 Å². The first-order valence-electron chi connectivity index (χ1n) is 4.40. The van der Waals surface area contributed by atoms with Crippen LogP contribution >= 0.6 is 12.4 Å². The van der Waals surface area contributed by atoms with Gasteiger partial charge >= 0.3 is 5.97 Å². The summed E-state index contributed by atoms with van der Waals surface area (Å²) in [5.41, 5.74) is -0.0565. The van der Waals surface area contributed by atoms with Gasteiger partial charge in [0, 0.05) is 5.56 Å². The molecule has 0 fully saturated rings. The minimum absolute atomic E-state index is 0. The van der Waals surface area contributed by atoms with Crippen LogP contribution in [-0.4, -0.2) is 23.6 Å². The lowest BCUT2D eigenvalue weighted by atomic mass is 10.1. The fourth-order valence-electron chi connectivity index (χ4n) is 1.11. The van der Waals surface area contributed by atoms with Crippen LogP contribution in [0.1, 0.15) is 12.5 Å². The Hall–Kier alpha value is -1.77. The largest absolute Gasteiger partial charge is 0.494 e. The van der Waals surface area contributed by atoms with Gasteiger partial charge in [-0.05, 0) is 31.2 Å². The molecule has 5 heteroatoms. The van der Waals surface area contributed by atoms with Gasteiger partial charge in [0.1, 0.15) is 11.7 Å². The van der Waals surface area contributed by atoms with Gasteiger partial charge in [-0.1, -0.05) is 0 Å². The van der Waals surface area contributed by atoms with Crippen LogP contribution in [0.5, 0.6) is 5.75 Å². The number of ether oxygens (including phenoxy) is 1. The van der Waals surface area contributed by atoms with Gasteiger partial charge in [0.15, 0.2) is 5.57 Å². The van der Waals surface area contributed by atoms with Gasteiger partial charge in [-0.15, -0.1) is 12.4 Å². The molecule has 86 valence electrons. The Morgan fingerprint density at radius 1 is 1.38 bits per heavy atom. The summed E-state index contributed by atoms with van der Waals surface area (Å²) in [6, 6.07) is 6.25. The highest BCUT2D eigenvalue weighted by Crippen LogP contribution is 2.17. The minimum Gasteiger partial charge on any atom is -0.494 e. The molecular weight excluding hydrogens is 232 g/mol. The summed E-state index contributed by atoms with van der Waals surface area (Å²) >= 11 is 0. The molecule has 0 radical (unpaired) electrons. The number of benzene rings is 1. The van der Waals surface area contributed by atoms with Crippen molar-refractivity contribution in [2.24, 2.45) is 0 Å². The van der Waals surface area contributed by atoms with E-state index < -0.39 is 5.97 Å². The quantitative estimate of drug-likeness (QED) is 0.646. The van der Waals surface area contributed by atoms with Crippen LogP contribution in [0.4, 0.5) is 0 Å². The molecule has 1 N–H and O–H groups in total. The highest BCUT2D eigenvalue weighted by Gasteiger charge is 2.11. The third-order valence-corrected chi connectivity index (χ3v) is 1.77. The molecule has 0 aliphatic heterocycles. The van der Waals surface area contributed by atoms with Crippen molar-refractivity contribution in [1.29, 1.82) is 0 Å². The molecule has 0 atom stereocenters. The smallest absolute Gasteiger partial charge is 0.347 e. The number of carboxylic acids is 1. The predicted octanol–water partition coefficient (Wildman–Crippen LogP) is 1.81. The summed E-state index contributed by atoms with van der Waals surface area (Å²) in [4.78, 5) is 21.0. The van der Waals surface area contributed by atoms with E-state index in [1.54, 1.807) is 12.1 Å². The molecule has 16 heavy (non-hydrogen) atoms. The van der Waals surface area contributed by atoms with Gasteiger partial charge < -0.3 is 9.84 Å². The second kappa shape index (κ2) is 6.67. The molecule has 1 rings (SSSR count). The van der Waals surface area contributed by atoms with E-state index in [1.165, 1.54) is 18.1 Å². The SMILES string of the molecule is CCOc1ccc(C(=C=O)C(=O)O)cc1.Cl. The fourth-order valence-corrected chi connectivity index (χ4v) is 1.11. The van der Waals surface area contributed by atoms with Gasteiger partial charge in [-0.2, -0.15) is 0 Å². The van der Waals surface area contributed by atoms with Crippen LogP contribution in [0.2, 0.25) is 0 Å². The topological polar surface area (TPSA) is 63.6 Å². The Kier molecular flexibility index (Phi) is 5.93. The third kappa shape index (κ3) is 3.42. The van der Waals surface area contributed by atoms with Crippen LogP contribution in [0, 0.1) is 0 Å². The molecule has 0 aliphatic carbocycles. The Morgan fingerprint density at radius 3 is 2.31 bits per heavy atom. The highest BCUT2D eigenvalue weighted by molar-refractivity contribution is 6.24. The van der Waals surface area contributed by atoms with E-state index >= 15 is 0 Å². The summed E-state index contributed by atoms with van der Waals surface area (Å²) in [5.74, 6) is 0.748. The van der Waals surface area contributed by atoms with Crippen molar-refractivity contribution in [1.82, 2.24) is 0 Å². The van der Waals surface area contributed by atoms with E-state index in [1.807, 2.05) is 6.92 Å². The van der Waals surface area contributed by atoms with Crippen LogP contribution < -0.4 is 4.74 Å². The van der Waals surface area contributed by atoms with Crippen molar-refractivity contribution >= 4 is 29.9 Å². The normalized spacial score (nSPS) is 8.56.